The molecule has 4 rings (SSSR count). The highest BCUT2D eigenvalue weighted by molar-refractivity contribution is 7.15. The van der Waals surface area contributed by atoms with E-state index in [9.17, 15) is 14.9 Å². The maximum Gasteiger partial charge on any atom is 0.513 e. The third-order valence-electron chi connectivity index (χ3n) is 5.41. The lowest BCUT2D eigenvalue weighted by Crippen LogP contribution is -2.27. The largest absolute Gasteiger partial charge is 0.513 e. The summed E-state index contributed by atoms with van der Waals surface area (Å²) in [6.07, 6.45) is -0.407. The number of nitrogens with zero attached hydrogens (tertiary/aromatic N) is 3. The fourth-order valence-electron chi connectivity index (χ4n) is 3.83. The van der Waals surface area contributed by atoms with Crippen LogP contribution in [-0.2, 0) is 15.9 Å². The number of allylic oxidation sites excluding steroid dienone is 3. The van der Waals surface area contributed by atoms with Crippen molar-refractivity contribution in [1.29, 1.82) is 0 Å². The summed E-state index contributed by atoms with van der Waals surface area (Å²) in [5, 5.41) is 18.8. The molecule has 188 valence electrons. The molecule has 10 nitrogen and oxygen atoms in total. The minimum atomic E-state index is -0.854. The molecule has 0 fully saturated rings. The van der Waals surface area contributed by atoms with Crippen molar-refractivity contribution in [3.8, 4) is 0 Å². The molecule has 0 aliphatic carbocycles. The maximum atomic E-state index is 12.5. The molecular formula is C25H26N4O6S. The molecule has 1 aromatic carbocycles. The summed E-state index contributed by atoms with van der Waals surface area (Å²) in [5.41, 5.74) is 2.89. The van der Waals surface area contributed by atoms with Crippen LogP contribution in [0.15, 0.2) is 64.1 Å². The van der Waals surface area contributed by atoms with Crippen LogP contribution in [-0.4, -0.2) is 27.8 Å². The van der Waals surface area contributed by atoms with E-state index in [1.165, 1.54) is 6.07 Å². The number of benzene rings is 1. The molecule has 1 N–H and O–H groups in total. The van der Waals surface area contributed by atoms with Crippen LogP contribution in [0, 0.1) is 16.0 Å². The van der Waals surface area contributed by atoms with Gasteiger partial charge in [0.05, 0.1) is 29.6 Å². The number of nitrogens with one attached hydrogen (secondary N) is 1. The Morgan fingerprint density at radius 1 is 1.19 bits per heavy atom. The Hall–Kier alpha value is -3.99. The first kappa shape index (κ1) is 25.1. The Morgan fingerprint density at radius 2 is 1.94 bits per heavy atom. The highest BCUT2D eigenvalue weighted by Crippen LogP contribution is 2.46. The van der Waals surface area contributed by atoms with Gasteiger partial charge in [-0.2, -0.15) is 4.98 Å². The van der Waals surface area contributed by atoms with Crippen LogP contribution < -0.4 is 5.32 Å². The van der Waals surface area contributed by atoms with E-state index < -0.39 is 17.0 Å². The van der Waals surface area contributed by atoms with Crippen LogP contribution in [0.3, 0.4) is 0 Å². The molecule has 0 amide bonds. The predicted octanol–water partition coefficient (Wildman–Crippen LogP) is 5.79. The molecule has 36 heavy (non-hydrogen) atoms. The maximum absolute atomic E-state index is 12.5. The summed E-state index contributed by atoms with van der Waals surface area (Å²) in [6, 6.07) is 12.8. The number of carbonyl (C=O) groups is 1. The van der Waals surface area contributed by atoms with Gasteiger partial charge in [0.25, 0.3) is 0 Å². The van der Waals surface area contributed by atoms with Crippen LogP contribution in [0.5, 0.6) is 0 Å². The number of carbonyl (C=O) groups excluding carboxylic acids is 1. The Bertz CT molecular complexity index is 1330. The standard InChI is InChI=1S/C25H26N4O6S/c1-14(2)13-33-25(30)34-23-16(4)26-15(3)21(22(23)18-10-11-20(36-18)29(31)32)24-27-19(35-28-24)12-17-8-6-5-7-9-17/h5-11,14,22,26H,12-13H2,1-4H3. The molecule has 0 saturated carbocycles. The van der Waals surface area contributed by atoms with Crippen LogP contribution in [0.2, 0.25) is 0 Å². The highest BCUT2D eigenvalue weighted by Gasteiger charge is 2.37. The zero-order valence-corrected chi connectivity index (χ0v) is 21.1. The third-order valence-corrected chi connectivity index (χ3v) is 6.51. The van der Waals surface area contributed by atoms with Gasteiger partial charge in [0.15, 0.2) is 0 Å². The third kappa shape index (κ3) is 5.62. The molecule has 2 aromatic heterocycles. The van der Waals surface area contributed by atoms with E-state index in [-0.39, 0.29) is 23.3 Å². The van der Waals surface area contributed by atoms with E-state index in [1.807, 2.05) is 51.1 Å². The lowest BCUT2D eigenvalue weighted by molar-refractivity contribution is -0.380. The van der Waals surface area contributed by atoms with E-state index in [4.69, 9.17) is 14.0 Å². The molecule has 11 heteroatoms. The van der Waals surface area contributed by atoms with Crippen molar-refractivity contribution in [3.05, 3.63) is 91.9 Å². The molecular weight excluding hydrogens is 484 g/mol. The summed E-state index contributed by atoms with van der Waals surface area (Å²) >= 11 is 0.995. The summed E-state index contributed by atoms with van der Waals surface area (Å²) in [7, 11) is 0. The lowest BCUT2D eigenvalue weighted by atomic mass is 9.89. The van der Waals surface area contributed by atoms with Crippen molar-refractivity contribution in [3.63, 3.8) is 0 Å². The van der Waals surface area contributed by atoms with Gasteiger partial charge in [-0.25, -0.2) is 4.79 Å². The monoisotopic (exact) mass is 510 g/mol. The Morgan fingerprint density at radius 3 is 2.61 bits per heavy atom. The first-order valence-corrected chi connectivity index (χ1v) is 12.2. The number of hydrogen-bond donors (Lipinski definition) is 1. The van der Waals surface area contributed by atoms with Crippen molar-refractivity contribution in [2.45, 2.75) is 40.0 Å². The first-order valence-electron chi connectivity index (χ1n) is 11.4. The van der Waals surface area contributed by atoms with E-state index in [1.54, 1.807) is 13.0 Å². The average molecular weight is 511 g/mol. The summed E-state index contributed by atoms with van der Waals surface area (Å²) < 4.78 is 16.4. The summed E-state index contributed by atoms with van der Waals surface area (Å²) in [4.78, 5) is 28.6. The molecule has 1 atom stereocenters. The van der Waals surface area contributed by atoms with Crippen LogP contribution in [0.25, 0.3) is 5.57 Å². The van der Waals surface area contributed by atoms with Gasteiger partial charge in [-0.3, -0.25) is 10.1 Å². The number of hydrogen-bond acceptors (Lipinski definition) is 10. The molecule has 0 saturated heterocycles. The van der Waals surface area contributed by atoms with Crippen LogP contribution in [0.1, 0.15) is 55.8 Å². The number of ether oxygens (including phenoxy) is 2. The second-order valence-corrected chi connectivity index (χ2v) is 9.84. The summed E-state index contributed by atoms with van der Waals surface area (Å²) in [6.45, 7) is 7.64. The number of rotatable bonds is 8. The van der Waals surface area contributed by atoms with Crippen molar-refractivity contribution in [2.75, 3.05) is 6.61 Å². The average Bonchev–Trinajstić information content (AvgIpc) is 3.50. The van der Waals surface area contributed by atoms with Crippen molar-refractivity contribution in [2.24, 2.45) is 5.92 Å². The predicted molar refractivity (Wildman–Crippen MR) is 133 cm³/mol. The van der Waals surface area contributed by atoms with E-state index >= 15 is 0 Å². The van der Waals surface area contributed by atoms with Crippen LogP contribution in [0.4, 0.5) is 9.80 Å². The zero-order chi connectivity index (χ0) is 25.8. The Balaban J connectivity index is 1.71. The highest BCUT2D eigenvalue weighted by atomic mass is 32.1. The van der Waals surface area contributed by atoms with E-state index in [2.05, 4.69) is 15.5 Å². The molecule has 0 bridgehead atoms. The second-order valence-electron chi connectivity index (χ2n) is 8.75. The topological polar surface area (TPSA) is 130 Å². The first-order chi connectivity index (χ1) is 17.2. The van der Waals surface area contributed by atoms with Crippen molar-refractivity contribution >= 4 is 28.1 Å². The number of thiophene rings is 1. The van der Waals surface area contributed by atoms with Gasteiger partial charge in [-0.05, 0) is 31.4 Å². The van der Waals surface area contributed by atoms with Gasteiger partial charge in [-0.1, -0.05) is 60.7 Å². The zero-order valence-electron chi connectivity index (χ0n) is 20.3. The van der Waals surface area contributed by atoms with Crippen LogP contribution >= 0.6 is 11.3 Å². The normalized spacial score (nSPS) is 15.8. The molecule has 3 aromatic rings. The number of nitro groups is 1. The second kappa shape index (κ2) is 10.7. The molecule has 0 spiro atoms. The smallest absolute Gasteiger partial charge is 0.434 e. The Labute approximate surface area is 211 Å². The van der Waals surface area contributed by atoms with E-state index in [0.717, 1.165) is 16.9 Å². The number of aromatic nitrogens is 2. The molecule has 0 radical (unpaired) electrons. The van der Waals surface area contributed by atoms with Crippen molar-refractivity contribution in [1.82, 2.24) is 15.5 Å². The number of dihydropyridines is 1. The molecule has 1 unspecified atom stereocenters. The van der Waals surface area contributed by atoms with Crippen molar-refractivity contribution < 1.29 is 23.7 Å². The minimum Gasteiger partial charge on any atom is -0.434 e. The molecule has 3 heterocycles. The quantitative estimate of drug-likeness (QED) is 0.227. The van der Waals surface area contributed by atoms with E-state index in [0.29, 0.717) is 40.0 Å². The van der Waals surface area contributed by atoms with Gasteiger partial charge in [0, 0.05) is 22.2 Å². The van der Waals surface area contributed by atoms with Gasteiger partial charge < -0.3 is 19.3 Å². The van der Waals surface area contributed by atoms with Gasteiger partial charge >= 0.3 is 11.2 Å². The Kier molecular flexibility index (Phi) is 7.49. The lowest BCUT2D eigenvalue weighted by Gasteiger charge is -2.29. The molecule has 1 aliphatic rings. The SMILES string of the molecule is CC1=C(OC(=O)OCC(C)C)C(c2ccc([N+](=O)[O-])s2)C(c2noc(Cc3ccccc3)n2)=C(C)N1. The minimum absolute atomic E-state index is 0.0298. The van der Waals surface area contributed by atoms with Gasteiger partial charge in [0.1, 0.15) is 5.76 Å². The van der Waals surface area contributed by atoms with Gasteiger partial charge in [-0.15, -0.1) is 0 Å². The summed E-state index contributed by atoms with van der Waals surface area (Å²) in [5.74, 6) is 0.427. The fraction of sp³-hybridized carbons (Fsp3) is 0.320. The van der Waals surface area contributed by atoms with Gasteiger partial charge in [0.2, 0.25) is 11.7 Å². The fourth-order valence-corrected chi connectivity index (χ4v) is 4.76. The molecule has 1 aliphatic heterocycles.